The Hall–Kier alpha value is -2.37. The summed E-state index contributed by atoms with van der Waals surface area (Å²) in [5.74, 6) is 1.15. The molecule has 2 aromatic rings. The van der Waals surface area contributed by atoms with Crippen LogP contribution in [0.3, 0.4) is 0 Å². The second kappa shape index (κ2) is 7.06. The van der Waals surface area contributed by atoms with E-state index in [-0.39, 0.29) is 23.2 Å². The topological polar surface area (TPSA) is 77.1 Å². The Morgan fingerprint density at radius 3 is 2.77 bits per heavy atom. The lowest BCUT2D eigenvalue weighted by Gasteiger charge is -2.12. The zero-order valence-corrected chi connectivity index (χ0v) is 13.1. The summed E-state index contributed by atoms with van der Waals surface area (Å²) in [6.45, 7) is 6.24. The van der Waals surface area contributed by atoms with Gasteiger partial charge in [0, 0.05) is 12.6 Å². The summed E-state index contributed by atoms with van der Waals surface area (Å²) in [7, 11) is 0. The zero-order valence-electron chi connectivity index (χ0n) is 13.1. The lowest BCUT2D eigenvalue weighted by atomic mass is 10.2. The maximum absolute atomic E-state index is 12.2. The number of hydrogen-bond donors (Lipinski definition) is 1. The molecular weight excluding hydrogens is 282 g/mol. The van der Waals surface area contributed by atoms with Gasteiger partial charge in [0.15, 0.2) is 0 Å². The van der Waals surface area contributed by atoms with Crippen molar-refractivity contribution in [1.29, 1.82) is 0 Å². The van der Waals surface area contributed by atoms with E-state index < -0.39 is 0 Å². The van der Waals surface area contributed by atoms with Crippen molar-refractivity contribution in [3.05, 3.63) is 51.8 Å². The Kier molecular flexibility index (Phi) is 5.14. The van der Waals surface area contributed by atoms with Gasteiger partial charge >= 0.3 is 0 Å². The normalized spacial score (nSPS) is 12.1. The molecule has 2 heterocycles. The molecule has 0 spiro atoms. The molecule has 0 radical (unpaired) electrons. The summed E-state index contributed by atoms with van der Waals surface area (Å²) in [6, 6.07) is 6.23. The molecule has 1 unspecified atom stereocenters. The fourth-order valence-electron chi connectivity index (χ4n) is 2.07. The minimum absolute atomic E-state index is 0.195. The van der Waals surface area contributed by atoms with Gasteiger partial charge in [0.25, 0.3) is 11.5 Å². The van der Waals surface area contributed by atoms with E-state index in [9.17, 15) is 9.59 Å². The maximum atomic E-state index is 12.2. The largest absolute Gasteiger partial charge is 0.464 e. The summed E-state index contributed by atoms with van der Waals surface area (Å²) in [5, 5.41) is 6.94. The maximum Gasteiger partial charge on any atom is 0.272 e. The fourth-order valence-corrected chi connectivity index (χ4v) is 2.07. The molecule has 2 rings (SSSR count). The molecule has 0 aliphatic rings. The number of aryl methyl sites for hydroxylation is 2. The van der Waals surface area contributed by atoms with Crippen molar-refractivity contribution >= 4 is 5.91 Å². The van der Waals surface area contributed by atoms with Crippen molar-refractivity contribution < 1.29 is 9.21 Å². The smallest absolute Gasteiger partial charge is 0.272 e. The van der Waals surface area contributed by atoms with E-state index in [1.54, 1.807) is 0 Å². The average Bonchev–Trinajstić information content (AvgIpc) is 2.93. The number of aromatic nitrogens is 2. The third-order valence-electron chi connectivity index (χ3n) is 3.36. The summed E-state index contributed by atoms with van der Waals surface area (Å²) in [5.41, 5.74) is 0.0329. The van der Waals surface area contributed by atoms with Crippen LogP contribution in [0.4, 0.5) is 0 Å². The predicted molar refractivity (Wildman–Crippen MR) is 82.7 cm³/mol. The molecule has 0 saturated heterocycles. The van der Waals surface area contributed by atoms with Crippen LogP contribution < -0.4 is 10.9 Å². The SMILES string of the molecule is CCCCn1nc(C(=O)NC(C)c2ccc(C)o2)ccc1=O. The molecule has 0 aliphatic heterocycles. The van der Waals surface area contributed by atoms with E-state index in [0.29, 0.717) is 12.3 Å². The van der Waals surface area contributed by atoms with Crippen LogP contribution in [0.5, 0.6) is 0 Å². The average molecular weight is 303 g/mol. The minimum Gasteiger partial charge on any atom is -0.464 e. The number of nitrogens with one attached hydrogen (secondary N) is 1. The van der Waals surface area contributed by atoms with Gasteiger partial charge < -0.3 is 9.73 Å². The highest BCUT2D eigenvalue weighted by molar-refractivity contribution is 5.92. The highest BCUT2D eigenvalue weighted by atomic mass is 16.3. The van der Waals surface area contributed by atoms with Crippen molar-refractivity contribution in [3.8, 4) is 0 Å². The van der Waals surface area contributed by atoms with Crippen molar-refractivity contribution in [2.45, 2.75) is 46.2 Å². The summed E-state index contributed by atoms with van der Waals surface area (Å²) >= 11 is 0. The Bertz CT molecular complexity index is 703. The van der Waals surface area contributed by atoms with Gasteiger partial charge in [0.05, 0.1) is 6.04 Å². The fraction of sp³-hybridized carbons (Fsp3) is 0.438. The number of furan rings is 1. The standard InChI is InChI=1S/C16H21N3O3/c1-4-5-10-19-15(20)9-7-13(18-19)16(21)17-12(3)14-8-6-11(2)22-14/h6-9,12H,4-5,10H2,1-3H3,(H,17,21). The Balaban J connectivity index is 2.10. The number of nitrogens with zero attached hydrogens (tertiary/aromatic N) is 2. The summed E-state index contributed by atoms with van der Waals surface area (Å²) in [6.07, 6.45) is 1.81. The van der Waals surface area contributed by atoms with Crippen LogP contribution in [0.15, 0.2) is 33.5 Å². The number of unbranched alkanes of at least 4 members (excludes halogenated alkanes) is 1. The van der Waals surface area contributed by atoms with Crippen molar-refractivity contribution in [2.24, 2.45) is 0 Å². The second-order valence-corrected chi connectivity index (χ2v) is 5.28. The molecule has 6 nitrogen and oxygen atoms in total. The van der Waals surface area contributed by atoms with Crippen LogP contribution in [-0.2, 0) is 6.54 Å². The Morgan fingerprint density at radius 2 is 2.14 bits per heavy atom. The van der Waals surface area contributed by atoms with Gasteiger partial charge in [-0.15, -0.1) is 0 Å². The first-order valence-electron chi connectivity index (χ1n) is 7.46. The van der Waals surface area contributed by atoms with E-state index in [4.69, 9.17) is 4.42 Å². The number of hydrogen-bond acceptors (Lipinski definition) is 4. The quantitative estimate of drug-likeness (QED) is 0.889. The van der Waals surface area contributed by atoms with Crippen LogP contribution in [0.25, 0.3) is 0 Å². The molecule has 1 amide bonds. The molecule has 1 N–H and O–H groups in total. The first kappa shape index (κ1) is 16.0. The highest BCUT2D eigenvalue weighted by Gasteiger charge is 2.16. The van der Waals surface area contributed by atoms with Crippen molar-refractivity contribution in [3.63, 3.8) is 0 Å². The number of carbonyl (C=O) groups is 1. The molecule has 118 valence electrons. The van der Waals surface area contributed by atoms with Crippen molar-refractivity contribution in [1.82, 2.24) is 15.1 Å². The van der Waals surface area contributed by atoms with Gasteiger partial charge in [-0.3, -0.25) is 9.59 Å². The molecule has 0 aliphatic carbocycles. The lowest BCUT2D eigenvalue weighted by Crippen LogP contribution is -2.31. The molecule has 0 bridgehead atoms. The molecule has 1 atom stereocenters. The molecule has 0 saturated carbocycles. The molecule has 2 aromatic heterocycles. The first-order chi connectivity index (χ1) is 10.5. The van der Waals surface area contributed by atoms with E-state index in [2.05, 4.69) is 10.4 Å². The second-order valence-electron chi connectivity index (χ2n) is 5.28. The van der Waals surface area contributed by atoms with Crippen molar-refractivity contribution in [2.75, 3.05) is 0 Å². The van der Waals surface area contributed by atoms with Crippen LogP contribution in [0.2, 0.25) is 0 Å². The highest BCUT2D eigenvalue weighted by Crippen LogP contribution is 2.15. The van der Waals surface area contributed by atoms with Gasteiger partial charge in [-0.05, 0) is 38.5 Å². The summed E-state index contributed by atoms with van der Waals surface area (Å²) in [4.78, 5) is 23.9. The first-order valence-corrected chi connectivity index (χ1v) is 7.46. The molecule has 0 fully saturated rings. The van der Waals surface area contributed by atoms with Crippen LogP contribution in [0, 0.1) is 6.92 Å². The number of rotatable bonds is 6. The Labute approximate surface area is 129 Å². The Morgan fingerprint density at radius 1 is 1.36 bits per heavy atom. The third kappa shape index (κ3) is 3.84. The summed E-state index contributed by atoms with van der Waals surface area (Å²) < 4.78 is 6.82. The lowest BCUT2D eigenvalue weighted by molar-refractivity contribution is 0.0927. The van der Waals surface area contributed by atoms with Gasteiger partial charge in [0.2, 0.25) is 0 Å². The van der Waals surface area contributed by atoms with E-state index in [0.717, 1.165) is 18.6 Å². The third-order valence-corrected chi connectivity index (χ3v) is 3.36. The molecule has 0 aromatic carbocycles. The van der Waals surface area contributed by atoms with Gasteiger partial charge in [0.1, 0.15) is 17.2 Å². The number of amides is 1. The van der Waals surface area contributed by atoms with E-state index in [1.165, 1.54) is 16.8 Å². The predicted octanol–water partition coefficient (Wildman–Crippen LogP) is 2.44. The van der Waals surface area contributed by atoms with Crippen LogP contribution in [-0.4, -0.2) is 15.7 Å². The van der Waals surface area contributed by atoms with Gasteiger partial charge in [-0.2, -0.15) is 5.10 Å². The van der Waals surface area contributed by atoms with Gasteiger partial charge in [-0.25, -0.2) is 4.68 Å². The van der Waals surface area contributed by atoms with Crippen LogP contribution >= 0.6 is 0 Å². The van der Waals surface area contributed by atoms with E-state index in [1.807, 2.05) is 32.9 Å². The monoisotopic (exact) mass is 303 g/mol. The van der Waals surface area contributed by atoms with Crippen LogP contribution in [0.1, 0.15) is 54.7 Å². The zero-order chi connectivity index (χ0) is 16.1. The molecule has 6 heteroatoms. The number of carbonyl (C=O) groups excluding carboxylic acids is 1. The molecular formula is C16H21N3O3. The van der Waals surface area contributed by atoms with Gasteiger partial charge in [-0.1, -0.05) is 13.3 Å². The van der Waals surface area contributed by atoms with E-state index >= 15 is 0 Å². The minimum atomic E-state index is -0.327. The molecule has 22 heavy (non-hydrogen) atoms.